The van der Waals surface area contributed by atoms with Crippen LogP contribution >= 0.6 is 11.6 Å². The van der Waals surface area contributed by atoms with Gasteiger partial charge in [0.05, 0.1) is 5.92 Å². The molecule has 3 unspecified atom stereocenters. The van der Waals surface area contributed by atoms with Crippen LogP contribution in [0.3, 0.4) is 0 Å². The summed E-state index contributed by atoms with van der Waals surface area (Å²) in [5.41, 5.74) is 2.37. The Morgan fingerprint density at radius 1 is 1.00 bits per heavy atom. The van der Waals surface area contributed by atoms with Crippen LogP contribution in [0.1, 0.15) is 18.1 Å². The molecule has 0 aliphatic carbocycles. The SMILES string of the molecule is CC1NC(N2CCN(Cc3ccccc3)CC2)NC(=O)C1Cc1ccccc1Cl. The number of piperazine rings is 1. The van der Waals surface area contributed by atoms with Crippen molar-refractivity contribution in [2.24, 2.45) is 5.92 Å². The Morgan fingerprint density at radius 2 is 1.69 bits per heavy atom. The Labute approximate surface area is 178 Å². The molecule has 6 heteroatoms. The summed E-state index contributed by atoms with van der Waals surface area (Å²) >= 11 is 6.30. The lowest BCUT2D eigenvalue weighted by Gasteiger charge is -2.44. The fourth-order valence-electron chi connectivity index (χ4n) is 4.26. The Hall–Kier alpha value is -1.92. The van der Waals surface area contributed by atoms with Gasteiger partial charge >= 0.3 is 0 Å². The van der Waals surface area contributed by atoms with Gasteiger partial charge in [0.2, 0.25) is 5.91 Å². The molecule has 3 atom stereocenters. The molecule has 0 saturated carbocycles. The molecule has 154 valence electrons. The lowest BCUT2D eigenvalue weighted by molar-refractivity contribution is -0.132. The summed E-state index contributed by atoms with van der Waals surface area (Å²) in [6.45, 7) is 6.95. The maximum Gasteiger partial charge on any atom is 0.227 e. The van der Waals surface area contributed by atoms with Gasteiger partial charge in [-0.2, -0.15) is 0 Å². The van der Waals surface area contributed by atoms with Crippen LogP contribution in [0.15, 0.2) is 54.6 Å². The summed E-state index contributed by atoms with van der Waals surface area (Å²) < 4.78 is 0. The number of nitrogens with one attached hydrogen (secondary N) is 2. The molecular weight excluding hydrogens is 384 g/mol. The molecular formula is C23H29ClN4O. The average Bonchev–Trinajstić information content (AvgIpc) is 2.73. The fraction of sp³-hybridized carbons (Fsp3) is 0.435. The van der Waals surface area contributed by atoms with Crippen LogP contribution in [0.25, 0.3) is 0 Å². The molecule has 2 aromatic rings. The van der Waals surface area contributed by atoms with Crippen molar-refractivity contribution in [1.82, 2.24) is 20.4 Å². The molecule has 2 fully saturated rings. The van der Waals surface area contributed by atoms with Gasteiger partial charge < -0.3 is 5.32 Å². The highest BCUT2D eigenvalue weighted by Gasteiger charge is 2.36. The second-order valence-corrected chi connectivity index (χ2v) is 8.47. The quantitative estimate of drug-likeness (QED) is 0.792. The molecule has 0 spiro atoms. The van der Waals surface area contributed by atoms with Gasteiger partial charge in [0.25, 0.3) is 0 Å². The summed E-state index contributed by atoms with van der Waals surface area (Å²) in [4.78, 5) is 17.7. The van der Waals surface area contributed by atoms with Crippen LogP contribution in [-0.2, 0) is 17.8 Å². The molecule has 5 nitrogen and oxygen atoms in total. The Kier molecular flexibility index (Phi) is 6.50. The van der Waals surface area contributed by atoms with E-state index in [4.69, 9.17) is 11.6 Å². The number of amides is 1. The van der Waals surface area contributed by atoms with Gasteiger partial charge in [0, 0.05) is 43.8 Å². The minimum absolute atomic E-state index is 0.0902. The zero-order valence-corrected chi connectivity index (χ0v) is 17.6. The topological polar surface area (TPSA) is 47.6 Å². The van der Waals surface area contributed by atoms with Crippen LogP contribution in [0.4, 0.5) is 0 Å². The minimum Gasteiger partial charge on any atom is -0.328 e. The van der Waals surface area contributed by atoms with Crippen molar-refractivity contribution in [1.29, 1.82) is 0 Å². The van der Waals surface area contributed by atoms with E-state index >= 15 is 0 Å². The van der Waals surface area contributed by atoms with E-state index in [1.807, 2.05) is 24.3 Å². The monoisotopic (exact) mass is 412 g/mol. The summed E-state index contributed by atoms with van der Waals surface area (Å²) in [6.07, 6.45) is 0.552. The highest BCUT2D eigenvalue weighted by molar-refractivity contribution is 6.31. The summed E-state index contributed by atoms with van der Waals surface area (Å²) in [5.74, 6) is -0.0154. The number of hydrogen-bond acceptors (Lipinski definition) is 4. The molecule has 2 saturated heterocycles. The van der Waals surface area contributed by atoms with Crippen LogP contribution < -0.4 is 10.6 Å². The molecule has 1 amide bonds. The van der Waals surface area contributed by atoms with Gasteiger partial charge in [0.1, 0.15) is 6.29 Å². The van der Waals surface area contributed by atoms with Gasteiger partial charge in [-0.15, -0.1) is 0 Å². The minimum atomic E-state index is -0.120. The summed E-state index contributed by atoms with van der Waals surface area (Å²) in [6, 6.07) is 18.5. The first-order valence-electron chi connectivity index (χ1n) is 10.4. The van der Waals surface area contributed by atoms with Gasteiger partial charge in [-0.05, 0) is 30.5 Å². The fourth-order valence-corrected chi connectivity index (χ4v) is 4.48. The first-order chi connectivity index (χ1) is 14.1. The Morgan fingerprint density at radius 3 is 2.38 bits per heavy atom. The predicted octanol–water partition coefficient (Wildman–Crippen LogP) is 2.71. The second-order valence-electron chi connectivity index (χ2n) is 8.07. The van der Waals surface area contributed by atoms with Crippen molar-refractivity contribution in [3.05, 3.63) is 70.7 Å². The van der Waals surface area contributed by atoms with Crippen molar-refractivity contribution in [3.8, 4) is 0 Å². The normalized spacial score (nSPS) is 26.3. The first-order valence-corrected chi connectivity index (χ1v) is 10.8. The van der Waals surface area contributed by atoms with Crippen LogP contribution in [0.2, 0.25) is 5.02 Å². The number of benzene rings is 2. The maximum absolute atomic E-state index is 12.8. The summed E-state index contributed by atoms with van der Waals surface area (Å²) in [5, 5.41) is 7.51. The zero-order chi connectivity index (χ0) is 20.2. The number of nitrogens with zero attached hydrogens (tertiary/aromatic N) is 2. The average molecular weight is 413 g/mol. The van der Waals surface area contributed by atoms with E-state index in [1.54, 1.807) is 0 Å². The molecule has 0 bridgehead atoms. The standard InChI is InChI=1S/C23H29ClN4O/c1-17-20(15-19-9-5-6-10-21(19)24)22(29)26-23(25-17)28-13-11-27(12-14-28)16-18-7-3-2-4-8-18/h2-10,17,20,23,25H,11-16H2,1H3,(H,26,29). The molecule has 29 heavy (non-hydrogen) atoms. The molecule has 4 rings (SSSR count). The van der Waals surface area contributed by atoms with E-state index in [0.717, 1.165) is 43.3 Å². The van der Waals surface area contributed by atoms with E-state index in [9.17, 15) is 4.79 Å². The largest absolute Gasteiger partial charge is 0.328 e. The molecule has 0 radical (unpaired) electrons. The Balaban J connectivity index is 1.30. The number of rotatable bonds is 5. The molecule has 2 heterocycles. The van der Waals surface area contributed by atoms with Gasteiger partial charge in [-0.3, -0.25) is 19.9 Å². The number of halogens is 1. The van der Waals surface area contributed by atoms with Gasteiger partial charge in [-0.1, -0.05) is 60.1 Å². The third-order valence-corrected chi connectivity index (χ3v) is 6.43. The predicted molar refractivity (Wildman–Crippen MR) is 116 cm³/mol. The van der Waals surface area contributed by atoms with Crippen molar-refractivity contribution >= 4 is 17.5 Å². The molecule has 0 aromatic heterocycles. The highest BCUT2D eigenvalue weighted by Crippen LogP contribution is 2.23. The maximum atomic E-state index is 12.8. The van der Waals surface area contributed by atoms with E-state index < -0.39 is 0 Å². The van der Waals surface area contributed by atoms with Gasteiger partial charge in [-0.25, -0.2) is 0 Å². The van der Waals surface area contributed by atoms with Crippen molar-refractivity contribution in [2.75, 3.05) is 26.2 Å². The highest BCUT2D eigenvalue weighted by atomic mass is 35.5. The Bertz CT molecular complexity index is 823. The number of hydrogen-bond donors (Lipinski definition) is 2. The van der Waals surface area contributed by atoms with Crippen LogP contribution in [-0.4, -0.2) is 54.2 Å². The van der Waals surface area contributed by atoms with E-state index in [0.29, 0.717) is 6.42 Å². The lowest BCUT2D eigenvalue weighted by atomic mass is 9.90. The third kappa shape index (κ3) is 4.98. The molecule has 2 aromatic carbocycles. The van der Waals surface area contributed by atoms with Crippen molar-refractivity contribution < 1.29 is 4.79 Å². The van der Waals surface area contributed by atoms with E-state index in [2.05, 4.69) is 57.7 Å². The van der Waals surface area contributed by atoms with Gasteiger partial charge in [0.15, 0.2) is 0 Å². The van der Waals surface area contributed by atoms with Crippen LogP contribution in [0.5, 0.6) is 0 Å². The molecule has 2 N–H and O–H groups in total. The van der Waals surface area contributed by atoms with E-state index in [1.165, 1.54) is 5.56 Å². The molecule has 2 aliphatic heterocycles. The number of carbonyl (C=O) groups is 1. The van der Waals surface area contributed by atoms with Crippen molar-refractivity contribution in [2.45, 2.75) is 32.2 Å². The molecule has 2 aliphatic rings. The number of carbonyl (C=O) groups excluding carboxylic acids is 1. The first kappa shape index (κ1) is 20.4. The smallest absolute Gasteiger partial charge is 0.227 e. The lowest BCUT2D eigenvalue weighted by Crippen LogP contribution is -2.68. The third-order valence-electron chi connectivity index (χ3n) is 6.06. The van der Waals surface area contributed by atoms with Crippen LogP contribution in [0, 0.1) is 5.92 Å². The van der Waals surface area contributed by atoms with Crippen molar-refractivity contribution in [3.63, 3.8) is 0 Å². The second kappa shape index (κ2) is 9.26. The van der Waals surface area contributed by atoms with E-state index in [-0.39, 0.29) is 24.2 Å². The zero-order valence-electron chi connectivity index (χ0n) is 16.9. The summed E-state index contributed by atoms with van der Waals surface area (Å²) in [7, 11) is 0.